The Hall–Kier alpha value is -2.25. The number of carbonyl (C=O) groups excluding carboxylic acids is 2. The third kappa shape index (κ3) is 4.89. The van der Waals surface area contributed by atoms with Crippen LogP contribution in [0.5, 0.6) is 0 Å². The highest BCUT2D eigenvalue weighted by Gasteiger charge is 2.16. The van der Waals surface area contributed by atoms with Crippen LogP contribution in [0.1, 0.15) is 20.8 Å². The molecule has 3 rings (SSSR count). The minimum Gasteiger partial charge on any atom is -0.487 e. The van der Waals surface area contributed by atoms with Crippen molar-refractivity contribution >= 4 is 40.6 Å². The SMILES string of the molecule is Cc1ccc(C(=O)NCCc2cccs2)cc1NC(=O)C1=CSCCO1. The molecular formula is C19H20N2O3S2. The fraction of sp³-hybridized carbons (Fsp3) is 0.263. The summed E-state index contributed by atoms with van der Waals surface area (Å²) >= 11 is 3.23. The van der Waals surface area contributed by atoms with Crippen LogP contribution in [0.15, 0.2) is 46.9 Å². The molecule has 1 aliphatic rings. The highest BCUT2D eigenvalue weighted by atomic mass is 32.2. The molecule has 5 nitrogen and oxygen atoms in total. The first-order chi connectivity index (χ1) is 12.6. The van der Waals surface area contributed by atoms with Gasteiger partial charge < -0.3 is 15.4 Å². The van der Waals surface area contributed by atoms with Gasteiger partial charge in [-0.15, -0.1) is 23.1 Å². The topological polar surface area (TPSA) is 67.4 Å². The lowest BCUT2D eigenvalue weighted by atomic mass is 10.1. The molecule has 2 amide bonds. The maximum Gasteiger partial charge on any atom is 0.291 e. The van der Waals surface area contributed by atoms with E-state index in [0.29, 0.717) is 30.2 Å². The monoisotopic (exact) mass is 388 g/mol. The number of amides is 2. The number of anilines is 1. The van der Waals surface area contributed by atoms with Crippen molar-refractivity contribution in [1.82, 2.24) is 5.32 Å². The normalized spacial score (nSPS) is 13.5. The zero-order valence-corrected chi connectivity index (χ0v) is 16.0. The summed E-state index contributed by atoms with van der Waals surface area (Å²) in [5.41, 5.74) is 2.02. The minimum atomic E-state index is -0.296. The lowest BCUT2D eigenvalue weighted by molar-refractivity contribution is -0.116. The van der Waals surface area contributed by atoms with E-state index in [2.05, 4.69) is 16.7 Å². The highest BCUT2D eigenvalue weighted by Crippen LogP contribution is 2.20. The summed E-state index contributed by atoms with van der Waals surface area (Å²) < 4.78 is 5.37. The summed E-state index contributed by atoms with van der Waals surface area (Å²) in [6.07, 6.45) is 0.808. The van der Waals surface area contributed by atoms with E-state index >= 15 is 0 Å². The van der Waals surface area contributed by atoms with Crippen molar-refractivity contribution in [2.45, 2.75) is 13.3 Å². The van der Waals surface area contributed by atoms with Crippen molar-refractivity contribution in [2.24, 2.45) is 0 Å². The number of carbonyl (C=O) groups is 2. The van der Waals surface area contributed by atoms with Gasteiger partial charge in [0.05, 0.1) is 6.61 Å². The first-order valence-electron chi connectivity index (χ1n) is 8.30. The molecule has 7 heteroatoms. The van der Waals surface area contributed by atoms with Crippen molar-refractivity contribution in [1.29, 1.82) is 0 Å². The average molecular weight is 389 g/mol. The molecule has 1 aromatic heterocycles. The number of ether oxygens (including phenoxy) is 1. The zero-order valence-electron chi connectivity index (χ0n) is 14.4. The van der Waals surface area contributed by atoms with Gasteiger partial charge in [-0.2, -0.15) is 0 Å². The Labute approximate surface area is 160 Å². The Morgan fingerprint density at radius 2 is 2.12 bits per heavy atom. The second-order valence-corrected chi connectivity index (χ2v) is 7.78. The van der Waals surface area contributed by atoms with Crippen molar-refractivity contribution in [3.63, 3.8) is 0 Å². The van der Waals surface area contributed by atoms with Crippen LogP contribution in [0.25, 0.3) is 0 Å². The van der Waals surface area contributed by atoms with Gasteiger partial charge in [0.1, 0.15) is 0 Å². The number of aryl methyl sites for hydroxylation is 1. The largest absolute Gasteiger partial charge is 0.487 e. The Morgan fingerprint density at radius 1 is 1.23 bits per heavy atom. The highest BCUT2D eigenvalue weighted by molar-refractivity contribution is 8.02. The van der Waals surface area contributed by atoms with E-state index in [9.17, 15) is 9.59 Å². The Balaban J connectivity index is 1.61. The number of hydrogen-bond acceptors (Lipinski definition) is 5. The predicted molar refractivity (Wildman–Crippen MR) is 107 cm³/mol. The van der Waals surface area contributed by atoms with Gasteiger partial charge in [0.15, 0.2) is 5.76 Å². The number of thioether (sulfide) groups is 1. The molecule has 1 aliphatic heterocycles. The van der Waals surface area contributed by atoms with E-state index in [1.165, 1.54) is 4.88 Å². The van der Waals surface area contributed by atoms with Crippen LogP contribution in [0.3, 0.4) is 0 Å². The van der Waals surface area contributed by atoms with Crippen molar-refractivity contribution < 1.29 is 14.3 Å². The van der Waals surface area contributed by atoms with Gasteiger partial charge in [0.25, 0.3) is 11.8 Å². The number of benzene rings is 1. The van der Waals surface area contributed by atoms with E-state index in [4.69, 9.17) is 4.74 Å². The van der Waals surface area contributed by atoms with Gasteiger partial charge in [-0.05, 0) is 42.5 Å². The molecule has 0 aliphatic carbocycles. The number of rotatable bonds is 6. The van der Waals surface area contributed by atoms with E-state index in [0.717, 1.165) is 17.7 Å². The number of hydrogen-bond donors (Lipinski definition) is 2. The Morgan fingerprint density at radius 3 is 2.85 bits per heavy atom. The molecule has 0 unspecified atom stereocenters. The van der Waals surface area contributed by atoms with E-state index in [-0.39, 0.29) is 11.8 Å². The number of nitrogens with one attached hydrogen (secondary N) is 2. The second kappa shape index (κ2) is 8.91. The summed E-state index contributed by atoms with van der Waals surface area (Å²) in [4.78, 5) is 25.9. The summed E-state index contributed by atoms with van der Waals surface area (Å²) in [7, 11) is 0. The fourth-order valence-electron chi connectivity index (χ4n) is 2.43. The van der Waals surface area contributed by atoms with E-state index in [1.807, 2.05) is 24.4 Å². The maximum atomic E-state index is 12.4. The van der Waals surface area contributed by atoms with Gasteiger partial charge in [-0.1, -0.05) is 12.1 Å². The van der Waals surface area contributed by atoms with Gasteiger partial charge in [-0.25, -0.2) is 0 Å². The molecule has 0 saturated heterocycles. The fourth-order valence-corrected chi connectivity index (χ4v) is 3.76. The summed E-state index contributed by atoms with van der Waals surface area (Å²) in [5.74, 6) is 0.708. The van der Waals surface area contributed by atoms with Crippen LogP contribution in [0, 0.1) is 6.92 Å². The summed E-state index contributed by atoms with van der Waals surface area (Å²) in [6.45, 7) is 2.99. The van der Waals surface area contributed by atoms with Crippen molar-refractivity contribution in [2.75, 3.05) is 24.2 Å². The lowest BCUT2D eigenvalue weighted by Gasteiger charge is -2.15. The summed E-state index contributed by atoms with van der Waals surface area (Å²) in [6, 6.07) is 9.34. The third-order valence-electron chi connectivity index (χ3n) is 3.86. The van der Waals surface area contributed by atoms with Crippen LogP contribution in [-0.2, 0) is 16.0 Å². The van der Waals surface area contributed by atoms with Crippen molar-refractivity contribution in [3.05, 3.63) is 62.9 Å². The first kappa shape index (κ1) is 18.5. The molecule has 2 N–H and O–H groups in total. The molecule has 2 heterocycles. The Kier molecular flexibility index (Phi) is 6.35. The van der Waals surface area contributed by atoms with Gasteiger partial charge in [0.2, 0.25) is 0 Å². The van der Waals surface area contributed by atoms with E-state index < -0.39 is 0 Å². The van der Waals surface area contributed by atoms with Gasteiger partial charge >= 0.3 is 0 Å². The minimum absolute atomic E-state index is 0.152. The van der Waals surface area contributed by atoms with Crippen LogP contribution < -0.4 is 10.6 Å². The molecule has 0 fully saturated rings. The van der Waals surface area contributed by atoms with Crippen LogP contribution in [-0.4, -0.2) is 30.7 Å². The van der Waals surface area contributed by atoms with Gasteiger partial charge in [-0.3, -0.25) is 9.59 Å². The van der Waals surface area contributed by atoms with Crippen LogP contribution >= 0.6 is 23.1 Å². The molecule has 1 aromatic carbocycles. The first-order valence-corrected chi connectivity index (χ1v) is 10.2. The smallest absolute Gasteiger partial charge is 0.291 e. The standard InChI is InChI=1S/C19H20N2O3S2/c1-13-4-5-14(18(22)20-7-6-15-3-2-9-26-15)11-16(13)21-19(23)17-12-25-10-8-24-17/h2-5,9,11-12H,6-8,10H2,1H3,(H,20,22)(H,21,23). The third-order valence-corrected chi connectivity index (χ3v) is 5.58. The van der Waals surface area contributed by atoms with Crippen molar-refractivity contribution in [3.8, 4) is 0 Å². The predicted octanol–water partition coefficient (Wildman–Crippen LogP) is 3.57. The van der Waals surface area contributed by atoms with E-state index in [1.54, 1.807) is 40.6 Å². The molecule has 0 atom stereocenters. The number of thiophene rings is 1. The van der Waals surface area contributed by atoms with Crippen LogP contribution in [0.2, 0.25) is 0 Å². The zero-order chi connectivity index (χ0) is 18.4. The second-order valence-electron chi connectivity index (χ2n) is 5.77. The molecule has 136 valence electrons. The molecule has 0 saturated carbocycles. The quantitative estimate of drug-likeness (QED) is 0.794. The molecule has 26 heavy (non-hydrogen) atoms. The molecule has 2 aromatic rings. The maximum absolute atomic E-state index is 12.4. The molecule has 0 spiro atoms. The summed E-state index contributed by atoms with van der Waals surface area (Å²) in [5, 5.41) is 9.49. The molecule has 0 radical (unpaired) electrons. The average Bonchev–Trinajstić information content (AvgIpc) is 3.17. The molecular weight excluding hydrogens is 368 g/mol. The van der Waals surface area contributed by atoms with Crippen LogP contribution in [0.4, 0.5) is 5.69 Å². The Bertz CT molecular complexity index is 816. The lowest BCUT2D eigenvalue weighted by Crippen LogP contribution is -2.26. The molecule has 0 bridgehead atoms. The van der Waals surface area contributed by atoms with Gasteiger partial charge in [0, 0.05) is 33.8 Å².